The molecule has 0 aliphatic rings. The summed E-state index contributed by atoms with van der Waals surface area (Å²) in [5.74, 6) is 0.718. The first-order chi connectivity index (χ1) is 8.38. The van der Waals surface area contributed by atoms with Crippen LogP contribution in [0.25, 0.3) is 0 Å². The van der Waals surface area contributed by atoms with Gasteiger partial charge in [-0.05, 0) is 42.9 Å². The van der Waals surface area contributed by atoms with Crippen LogP contribution in [-0.4, -0.2) is 13.1 Å². The molecule has 2 unspecified atom stereocenters. The number of rotatable bonds is 5. The average Bonchev–Trinajstić information content (AvgIpc) is 2.34. The standard InChI is InChI=1S/C17H29N/c1-7-15(13(2)18-6)12-14-8-10-16(11-9-14)17(3,4)5/h8-11,13,15,18H,7,12H2,1-6H3. The van der Waals surface area contributed by atoms with Crippen LogP contribution >= 0.6 is 0 Å². The Bertz CT molecular complexity index is 345. The zero-order valence-corrected chi connectivity index (χ0v) is 12.9. The molecule has 0 amide bonds. The van der Waals surface area contributed by atoms with E-state index in [2.05, 4.69) is 71.2 Å². The van der Waals surface area contributed by atoms with Gasteiger partial charge in [-0.3, -0.25) is 0 Å². The topological polar surface area (TPSA) is 12.0 Å². The van der Waals surface area contributed by atoms with Gasteiger partial charge in [0, 0.05) is 6.04 Å². The summed E-state index contributed by atoms with van der Waals surface area (Å²) in [7, 11) is 2.05. The van der Waals surface area contributed by atoms with Gasteiger partial charge in [-0.1, -0.05) is 58.4 Å². The maximum atomic E-state index is 3.37. The first-order valence-electron chi connectivity index (χ1n) is 7.15. The molecule has 1 nitrogen and oxygen atoms in total. The van der Waals surface area contributed by atoms with E-state index in [4.69, 9.17) is 0 Å². The highest BCUT2D eigenvalue weighted by atomic mass is 14.9. The van der Waals surface area contributed by atoms with E-state index >= 15 is 0 Å². The zero-order valence-electron chi connectivity index (χ0n) is 12.9. The van der Waals surface area contributed by atoms with Crippen LogP contribution in [0.4, 0.5) is 0 Å². The highest BCUT2D eigenvalue weighted by Gasteiger charge is 2.16. The molecule has 1 rings (SSSR count). The van der Waals surface area contributed by atoms with Crippen molar-refractivity contribution >= 4 is 0 Å². The van der Waals surface area contributed by atoms with Crippen molar-refractivity contribution in [2.45, 2.75) is 58.9 Å². The summed E-state index contributed by atoms with van der Waals surface area (Å²) in [6.45, 7) is 11.3. The molecule has 0 saturated carbocycles. The van der Waals surface area contributed by atoms with Crippen molar-refractivity contribution in [3.8, 4) is 0 Å². The second-order valence-corrected chi connectivity index (χ2v) is 6.40. The Labute approximate surface area is 113 Å². The van der Waals surface area contributed by atoms with E-state index in [1.807, 2.05) is 0 Å². The van der Waals surface area contributed by atoms with Crippen molar-refractivity contribution in [3.05, 3.63) is 35.4 Å². The average molecular weight is 247 g/mol. The van der Waals surface area contributed by atoms with E-state index in [0.29, 0.717) is 6.04 Å². The summed E-state index contributed by atoms with van der Waals surface area (Å²) < 4.78 is 0. The Balaban J connectivity index is 2.74. The van der Waals surface area contributed by atoms with Gasteiger partial charge in [0.2, 0.25) is 0 Å². The molecule has 0 saturated heterocycles. The summed E-state index contributed by atoms with van der Waals surface area (Å²) in [6, 6.07) is 9.74. The fourth-order valence-electron chi connectivity index (χ4n) is 2.35. The van der Waals surface area contributed by atoms with Gasteiger partial charge in [0.15, 0.2) is 0 Å². The molecule has 0 aromatic heterocycles. The van der Waals surface area contributed by atoms with Crippen LogP contribution in [0.3, 0.4) is 0 Å². The third kappa shape index (κ3) is 4.13. The first kappa shape index (κ1) is 15.2. The normalized spacial score (nSPS) is 15.4. The maximum Gasteiger partial charge on any atom is 0.00670 e. The molecule has 1 heteroatoms. The Morgan fingerprint density at radius 2 is 1.67 bits per heavy atom. The molecular formula is C17H29N. The minimum atomic E-state index is 0.251. The smallest absolute Gasteiger partial charge is 0.00670 e. The third-order valence-electron chi connectivity index (χ3n) is 4.00. The molecular weight excluding hydrogens is 218 g/mol. The van der Waals surface area contributed by atoms with Crippen molar-refractivity contribution in [2.24, 2.45) is 5.92 Å². The van der Waals surface area contributed by atoms with E-state index in [1.54, 1.807) is 0 Å². The minimum absolute atomic E-state index is 0.251. The number of hydrogen-bond donors (Lipinski definition) is 1. The van der Waals surface area contributed by atoms with E-state index in [-0.39, 0.29) is 5.41 Å². The van der Waals surface area contributed by atoms with E-state index < -0.39 is 0 Å². The number of hydrogen-bond acceptors (Lipinski definition) is 1. The van der Waals surface area contributed by atoms with Gasteiger partial charge in [0.05, 0.1) is 0 Å². The molecule has 1 aromatic rings. The highest BCUT2D eigenvalue weighted by Crippen LogP contribution is 2.23. The lowest BCUT2D eigenvalue weighted by Gasteiger charge is -2.23. The molecule has 0 radical (unpaired) electrons. The van der Waals surface area contributed by atoms with Crippen molar-refractivity contribution in [3.63, 3.8) is 0 Å². The number of nitrogens with one attached hydrogen (secondary N) is 1. The molecule has 102 valence electrons. The molecule has 0 aliphatic heterocycles. The lowest BCUT2D eigenvalue weighted by Crippen LogP contribution is -2.31. The fraction of sp³-hybridized carbons (Fsp3) is 0.647. The third-order valence-corrected chi connectivity index (χ3v) is 4.00. The second-order valence-electron chi connectivity index (χ2n) is 6.40. The molecule has 1 N–H and O–H groups in total. The molecule has 0 fully saturated rings. The van der Waals surface area contributed by atoms with Crippen LogP contribution in [0.15, 0.2) is 24.3 Å². The predicted octanol–water partition coefficient (Wildman–Crippen LogP) is 4.16. The Morgan fingerprint density at radius 1 is 1.11 bits per heavy atom. The van der Waals surface area contributed by atoms with Gasteiger partial charge < -0.3 is 5.32 Å². The Kier molecular flexibility index (Phi) is 5.40. The van der Waals surface area contributed by atoms with Crippen molar-refractivity contribution in [1.29, 1.82) is 0 Å². The van der Waals surface area contributed by atoms with Gasteiger partial charge >= 0.3 is 0 Å². The highest BCUT2D eigenvalue weighted by molar-refractivity contribution is 5.27. The van der Waals surface area contributed by atoms with Crippen molar-refractivity contribution in [1.82, 2.24) is 5.32 Å². The summed E-state index contributed by atoms with van der Waals surface area (Å²) >= 11 is 0. The van der Waals surface area contributed by atoms with Gasteiger partial charge in [0.1, 0.15) is 0 Å². The summed E-state index contributed by atoms with van der Waals surface area (Å²) in [6.07, 6.45) is 2.39. The monoisotopic (exact) mass is 247 g/mol. The second kappa shape index (κ2) is 6.38. The minimum Gasteiger partial charge on any atom is -0.317 e. The molecule has 1 aromatic carbocycles. The molecule has 0 spiro atoms. The van der Waals surface area contributed by atoms with Crippen LogP contribution < -0.4 is 5.32 Å². The van der Waals surface area contributed by atoms with Crippen LogP contribution in [0.1, 0.15) is 52.2 Å². The van der Waals surface area contributed by atoms with Crippen LogP contribution in [0.5, 0.6) is 0 Å². The quantitative estimate of drug-likeness (QED) is 0.824. The summed E-state index contributed by atoms with van der Waals surface area (Å²) in [5.41, 5.74) is 3.12. The van der Waals surface area contributed by atoms with E-state index in [1.165, 1.54) is 24.0 Å². The molecule has 0 aliphatic carbocycles. The lowest BCUT2D eigenvalue weighted by atomic mass is 9.85. The van der Waals surface area contributed by atoms with Gasteiger partial charge in [-0.2, -0.15) is 0 Å². The Hall–Kier alpha value is -0.820. The van der Waals surface area contributed by atoms with Crippen LogP contribution in [-0.2, 0) is 11.8 Å². The van der Waals surface area contributed by atoms with E-state index in [9.17, 15) is 0 Å². The molecule has 18 heavy (non-hydrogen) atoms. The fourth-order valence-corrected chi connectivity index (χ4v) is 2.35. The molecule has 2 atom stereocenters. The van der Waals surface area contributed by atoms with Crippen molar-refractivity contribution in [2.75, 3.05) is 7.05 Å². The van der Waals surface area contributed by atoms with Crippen molar-refractivity contribution < 1.29 is 0 Å². The first-order valence-corrected chi connectivity index (χ1v) is 7.15. The van der Waals surface area contributed by atoms with Crippen LogP contribution in [0.2, 0.25) is 0 Å². The zero-order chi connectivity index (χ0) is 13.8. The Morgan fingerprint density at radius 3 is 2.06 bits per heavy atom. The predicted molar refractivity (Wildman–Crippen MR) is 81.1 cm³/mol. The van der Waals surface area contributed by atoms with Crippen LogP contribution in [0, 0.1) is 5.92 Å². The summed E-state index contributed by atoms with van der Waals surface area (Å²) in [5, 5.41) is 3.37. The molecule has 0 bridgehead atoms. The number of benzene rings is 1. The molecule has 0 heterocycles. The van der Waals surface area contributed by atoms with Gasteiger partial charge in [0.25, 0.3) is 0 Å². The van der Waals surface area contributed by atoms with E-state index in [0.717, 1.165) is 5.92 Å². The van der Waals surface area contributed by atoms with Gasteiger partial charge in [-0.15, -0.1) is 0 Å². The summed E-state index contributed by atoms with van der Waals surface area (Å²) in [4.78, 5) is 0. The van der Waals surface area contributed by atoms with Gasteiger partial charge in [-0.25, -0.2) is 0 Å². The SMILES string of the molecule is CCC(Cc1ccc(C(C)(C)C)cc1)C(C)NC. The lowest BCUT2D eigenvalue weighted by molar-refractivity contribution is 0.381. The maximum absolute atomic E-state index is 3.37. The largest absolute Gasteiger partial charge is 0.317 e.